The van der Waals surface area contributed by atoms with Crippen molar-refractivity contribution in [1.82, 2.24) is 10.4 Å². The summed E-state index contributed by atoms with van der Waals surface area (Å²) in [7, 11) is 0. The van der Waals surface area contributed by atoms with Gasteiger partial charge < -0.3 is 5.11 Å². The molecule has 0 unspecified atom stereocenters. The number of carbonyl (C=O) groups is 1. The molecule has 0 aliphatic carbocycles. The number of hydrazine groups is 1. The number of carbonyl (C=O) groups excluding carboxylic acids is 1. The highest BCUT2D eigenvalue weighted by molar-refractivity contribution is 5.77. The summed E-state index contributed by atoms with van der Waals surface area (Å²) in [4.78, 5) is 10.5. The van der Waals surface area contributed by atoms with Crippen molar-refractivity contribution in [3.05, 3.63) is 12.3 Å². The molecular weight excluding hydrogens is 120 g/mol. The van der Waals surface area contributed by atoms with Crippen molar-refractivity contribution in [2.24, 2.45) is 0 Å². The lowest BCUT2D eigenvalue weighted by Gasteiger charge is -2.20. The molecule has 1 aliphatic rings. The standard InChI is InChI=1S/C5H8N2O2/c8-4-7-3-1-2-5(9)6-7/h1,3,8H,2,4H2,(H,6,9). The van der Waals surface area contributed by atoms with E-state index in [2.05, 4.69) is 5.43 Å². The van der Waals surface area contributed by atoms with E-state index < -0.39 is 0 Å². The van der Waals surface area contributed by atoms with Crippen LogP contribution in [-0.2, 0) is 4.79 Å². The molecule has 0 saturated heterocycles. The third-order valence-corrected chi connectivity index (χ3v) is 1.01. The van der Waals surface area contributed by atoms with Crippen molar-refractivity contribution in [3.8, 4) is 0 Å². The molecule has 2 N–H and O–H groups in total. The molecule has 1 aliphatic heterocycles. The molecule has 0 aromatic rings. The maximum absolute atomic E-state index is 10.5. The predicted molar refractivity (Wildman–Crippen MR) is 30.8 cm³/mol. The maximum atomic E-state index is 10.5. The minimum atomic E-state index is -0.178. The molecule has 0 aromatic carbocycles. The Morgan fingerprint density at radius 1 is 1.89 bits per heavy atom. The number of nitrogens with zero attached hydrogens (tertiary/aromatic N) is 1. The summed E-state index contributed by atoms with van der Waals surface area (Å²) >= 11 is 0. The lowest BCUT2D eigenvalue weighted by atomic mass is 10.4. The van der Waals surface area contributed by atoms with Gasteiger partial charge in [-0.1, -0.05) is 6.08 Å². The molecule has 0 fully saturated rings. The SMILES string of the molecule is O=C1CC=CN(CO)N1. The summed E-state index contributed by atoms with van der Waals surface area (Å²) < 4.78 is 0. The highest BCUT2D eigenvalue weighted by Crippen LogP contribution is 1.94. The zero-order valence-electron chi connectivity index (χ0n) is 4.87. The summed E-state index contributed by atoms with van der Waals surface area (Å²) in [5.74, 6) is -0.0912. The van der Waals surface area contributed by atoms with Crippen molar-refractivity contribution in [1.29, 1.82) is 0 Å². The van der Waals surface area contributed by atoms with Crippen molar-refractivity contribution in [3.63, 3.8) is 0 Å². The van der Waals surface area contributed by atoms with Gasteiger partial charge in [-0.15, -0.1) is 0 Å². The van der Waals surface area contributed by atoms with Crippen LogP contribution >= 0.6 is 0 Å². The fraction of sp³-hybridized carbons (Fsp3) is 0.400. The van der Waals surface area contributed by atoms with Gasteiger partial charge in [-0.2, -0.15) is 0 Å². The highest BCUT2D eigenvalue weighted by Gasteiger charge is 2.06. The van der Waals surface area contributed by atoms with Crippen LogP contribution in [0.25, 0.3) is 0 Å². The van der Waals surface area contributed by atoms with Crippen LogP contribution in [0.3, 0.4) is 0 Å². The lowest BCUT2D eigenvalue weighted by molar-refractivity contribution is -0.126. The third kappa shape index (κ3) is 1.43. The molecule has 0 saturated carbocycles. The molecular formula is C5H8N2O2. The number of hydrogen-bond donors (Lipinski definition) is 2. The number of nitrogens with one attached hydrogen (secondary N) is 1. The van der Waals surface area contributed by atoms with E-state index in [-0.39, 0.29) is 12.6 Å². The molecule has 9 heavy (non-hydrogen) atoms. The molecule has 0 aromatic heterocycles. The van der Waals surface area contributed by atoms with Crippen LogP contribution in [0.1, 0.15) is 6.42 Å². The van der Waals surface area contributed by atoms with Gasteiger partial charge in [0.2, 0.25) is 5.91 Å². The molecule has 4 nitrogen and oxygen atoms in total. The first-order chi connectivity index (χ1) is 4.33. The van der Waals surface area contributed by atoms with Crippen LogP contribution in [0.4, 0.5) is 0 Å². The van der Waals surface area contributed by atoms with E-state index in [1.807, 2.05) is 0 Å². The average Bonchev–Trinajstić information content (AvgIpc) is 1.88. The van der Waals surface area contributed by atoms with Crippen LogP contribution in [0.15, 0.2) is 12.3 Å². The Morgan fingerprint density at radius 3 is 3.11 bits per heavy atom. The van der Waals surface area contributed by atoms with E-state index in [4.69, 9.17) is 5.11 Å². The second kappa shape index (κ2) is 2.50. The van der Waals surface area contributed by atoms with Gasteiger partial charge in [0.25, 0.3) is 0 Å². The monoisotopic (exact) mass is 128 g/mol. The highest BCUT2D eigenvalue weighted by atomic mass is 16.3. The van der Waals surface area contributed by atoms with Crippen molar-refractivity contribution < 1.29 is 9.90 Å². The zero-order chi connectivity index (χ0) is 6.69. The van der Waals surface area contributed by atoms with Gasteiger partial charge >= 0.3 is 0 Å². The largest absolute Gasteiger partial charge is 0.375 e. The van der Waals surface area contributed by atoms with Crippen molar-refractivity contribution in [2.45, 2.75) is 6.42 Å². The van der Waals surface area contributed by atoms with Crippen LogP contribution in [0, 0.1) is 0 Å². The summed E-state index contributed by atoms with van der Waals surface area (Å²) in [5.41, 5.74) is 2.42. The van der Waals surface area contributed by atoms with Crippen LogP contribution in [0.2, 0.25) is 0 Å². The van der Waals surface area contributed by atoms with Gasteiger partial charge in [0.05, 0.1) is 0 Å². The van der Waals surface area contributed by atoms with Gasteiger partial charge in [0.15, 0.2) is 0 Å². The minimum absolute atomic E-state index is 0.0912. The zero-order valence-corrected chi connectivity index (χ0v) is 4.87. The Kier molecular flexibility index (Phi) is 1.69. The summed E-state index contributed by atoms with van der Waals surface area (Å²) in [6.07, 6.45) is 3.72. The smallest absolute Gasteiger partial charge is 0.242 e. The maximum Gasteiger partial charge on any atom is 0.242 e. The van der Waals surface area contributed by atoms with Gasteiger partial charge in [-0.25, -0.2) is 0 Å². The van der Waals surface area contributed by atoms with Crippen LogP contribution in [0.5, 0.6) is 0 Å². The van der Waals surface area contributed by atoms with E-state index in [0.29, 0.717) is 6.42 Å². The van der Waals surface area contributed by atoms with E-state index in [0.717, 1.165) is 0 Å². The molecule has 0 radical (unpaired) electrons. The Labute approximate surface area is 52.7 Å². The molecule has 4 heteroatoms. The number of aliphatic hydroxyl groups is 1. The normalized spacial score (nSPS) is 17.9. The molecule has 0 bridgehead atoms. The van der Waals surface area contributed by atoms with E-state index in [1.54, 1.807) is 12.3 Å². The molecule has 1 heterocycles. The number of aliphatic hydroxyl groups excluding tert-OH is 1. The Hall–Kier alpha value is -1.03. The van der Waals surface area contributed by atoms with E-state index in [1.165, 1.54) is 5.01 Å². The van der Waals surface area contributed by atoms with Gasteiger partial charge in [0, 0.05) is 12.6 Å². The molecule has 0 atom stereocenters. The summed E-state index contributed by atoms with van der Waals surface area (Å²) in [6, 6.07) is 0. The Balaban J connectivity index is 2.49. The molecule has 1 amide bonds. The Bertz CT molecular complexity index is 144. The van der Waals surface area contributed by atoms with Crippen molar-refractivity contribution in [2.75, 3.05) is 6.73 Å². The van der Waals surface area contributed by atoms with E-state index >= 15 is 0 Å². The quantitative estimate of drug-likeness (QED) is 0.485. The van der Waals surface area contributed by atoms with Gasteiger partial charge in [-0.05, 0) is 0 Å². The molecule has 1 rings (SSSR count). The van der Waals surface area contributed by atoms with Crippen LogP contribution < -0.4 is 5.43 Å². The fourth-order valence-corrected chi connectivity index (χ4v) is 0.613. The minimum Gasteiger partial charge on any atom is -0.375 e. The Morgan fingerprint density at radius 2 is 2.67 bits per heavy atom. The second-order valence-corrected chi connectivity index (χ2v) is 1.74. The first-order valence-electron chi connectivity index (χ1n) is 2.66. The van der Waals surface area contributed by atoms with Crippen molar-refractivity contribution >= 4 is 5.91 Å². The molecule has 0 spiro atoms. The number of rotatable bonds is 1. The van der Waals surface area contributed by atoms with Gasteiger partial charge in [0.1, 0.15) is 6.73 Å². The van der Waals surface area contributed by atoms with E-state index in [9.17, 15) is 4.79 Å². The lowest BCUT2D eigenvalue weighted by Crippen LogP contribution is -2.40. The average molecular weight is 128 g/mol. The number of amides is 1. The van der Waals surface area contributed by atoms with Gasteiger partial charge in [-0.3, -0.25) is 15.2 Å². The second-order valence-electron chi connectivity index (χ2n) is 1.74. The first kappa shape index (κ1) is 6.10. The summed E-state index contributed by atoms with van der Waals surface area (Å²) in [5, 5.41) is 9.78. The fourth-order valence-electron chi connectivity index (χ4n) is 0.613. The molecule has 50 valence electrons. The first-order valence-corrected chi connectivity index (χ1v) is 2.66. The third-order valence-electron chi connectivity index (χ3n) is 1.01. The number of hydrogen-bond acceptors (Lipinski definition) is 3. The predicted octanol–water partition coefficient (Wildman–Crippen LogP) is -0.813. The van der Waals surface area contributed by atoms with Crippen LogP contribution in [-0.4, -0.2) is 22.8 Å². The summed E-state index contributed by atoms with van der Waals surface area (Å²) in [6.45, 7) is -0.178. The topological polar surface area (TPSA) is 52.6 Å².